The van der Waals surface area contributed by atoms with Gasteiger partial charge in [-0.05, 0) is 30.2 Å². The Hall–Kier alpha value is -3.02. The SMILES string of the molecule is COC(=O)c1cc(C(C)NC(=O)OCc2ccccc2)ccc1O. The van der Waals surface area contributed by atoms with E-state index in [1.807, 2.05) is 30.3 Å². The number of alkyl carbamates (subject to hydrolysis) is 1. The minimum atomic E-state index is -0.645. The van der Waals surface area contributed by atoms with Gasteiger partial charge in [0.15, 0.2) is 0 Å². The molecule has 0 aliphatic rings. The molecule has 1 amide bonds. The first-order valence-electron chi connectivity index (χ1n) is 7.39. The van der Waals surface area contributed by atoms with Gasteiger partial charge in [-0.3, -0.25) is 0 Å². The molecule has 24 heavy (non-hydrogen) atoms. The van der Waals surface area contributed by atoms with Crippen LogP contribution in [0.5, 0.6) is 5.75 Å². The van der Waals surface area contributed by atoms with Crippen LogP contribution in [0, 0.1) is 0 Å². The van der Waals surface area contributed by atoms with E-state index in [1.54, 1.807) is 13.0 Å². The topological polar surface area (TPSA) is 84.9 Å². The lowest BCUT2D eigenvalue weighted by Crippen LogP contribution is -2.27. The zero-order valence-electron chi connectivity index (χ0n) is 13.5. The molecule has 126 valence electrons. The number of carbonyl (C=O) groups is 2. The summed E-state index contributed by atoms with van der Waals surface area (Å²) in [6, 6.07) is 13.4. The van der Waals surface area contributed by atoms with Gasteiger partial charge in [-0.15, -0.1) is 0 Å². The summed E-state index contributed by atoms with van der Waals surface area (Å²) in [5.41, 5.74) is 1.57. The molecule has 1 unspecified atom stereocenters. The molecule has 0 aliphatic carbocycles. The van der Waals surface area contributed by atoms with Crippen LogP contribution < -0.4 is 5.32 Å². The number of amides is 1. The van der Waals surface area contributed by atoms with E-state index in [1.165, 1.54) is 19.2 Å². The number of carbonyl (C=O) groups excluding carboxylic acids is 2. The third kappa shape index (κ3) is 4.49. The number of ether oxygens (including phenoxy) is 2. The molecule has 0 spiro atoms. The van der Waals surface area contributed by atoms with E-state index in [0.29, 0.717) is 5.56 Å². The van der Waals surface area contributed by atoms with Gasteiger partial charge >= 0.3 is 12.1 Å². The van der Waals surface area contributed by atoms with Gasteiger partial charge in [-0.1, -0.05) is 36.4 Å². The number of nitrogens with one attached hydrogen (secondary N) is 1. The van der Waals surface area contributed by atoms with Crippen molar-refractivity contribution >= 4 is 12.1 Å². The number of benzene rings is 2. The number of hydrogen-bond donors (Lipinski definition) is 2. The first-order chi connectivity index (χ1) is 11.5. The highest BCUT2D eigenvalue weighted by Gasteiger charge is 2.16. The Morgan fingerprint density at radius 1 is 1.17 bits per heavy atom. The molecule has 0 aliphatic heterocycles. The van der Waals surface area contributed by atoms with Gasteiger partial charge in [0.1, 0.15) is 17.9 Å². The van der Waals surface area contributed by atoms with Crippen LogP contribution in [0.1, 0.15) is 34.5 Å². The van der Waals surface area contributed by atoms with Crippen LogP contribution in [-0.4, -0.2) is 24.3 Å². The zero-order chi connectivity index (χ0) is 17.5. The lowest BCUT2D eigenvalue weighted by atomic mass is 10.0. The van der Waals surface area contributed by atoms with Crippen LogP contribution >= 0.6 is 0 Å². The van der Waals surface area contributed by atoms with E-state index < -0.39 is 18.1 Å². The van der Waals surface area contributed by atoms with Gasteiger partial charge in [0.05, 0.1) is 13.2 Å². The molecule has 0 saturated carbocycles. The molecule has 2 N–H and O–H groups in total. The van der Waals surface area contributed by atoms with Gasteiger partial charge < -0.3 is 19.9 Å². The van der Waals surface area contributed by atoms with Gasteiger partial charge in [0, 0.05) is 0 Å². The monoisotopic (exact) mass is 329 g/mol. The quantitative estimate of drug-likeness (QED) is 0.823. The highest BCUT2D eigenvalue weighted by atomic mass is 16.5. The number of rotatable bonds is 5. The number of aromatic hydroxyl groups is 1. The molecule has 0 radical (unpaired) electrons. The molecule has 6 nitrogen and oxygen atoms in total. The van der Waals surface area contributed by atoms with E-state index in [4.69, 9.17) is 4.74 Å². The standard InChI is InChI=1S/C18H19NO5/c1-12(14-8-9-16(20)15(10-14)17(21)23-2)19-18(22)24-11-13-6-4-3-5-7-13/h3-10,12,20H,11H2,1-2H3,(H,19,22). The third-order valence-electron chi connectivity index (χ3n) is 3.47. The summed E-state index contributed by atoms with van der Waals surface area (Å²) < 4.78 is 9.76. The number of esters is 1. The fourth-order valence-corrected chi connectivity index (χ4v) is 2.12. The molecule has 2 rings (SSSR count). The van der Waals surface area contributed by atoms with Crippen molar-refractivity contribution in [3.8, 4) is 5.75 Å². The molecule has 0 bridgehead atoms. The highest BCUT2D eigenvalue weighted by molar-refractivity contribution is 5.92. The predicted molar refractivity (Wildman–Crippen MR) is 87.6 cm³/mol. The minimum absolute atomic E-state index is 0.0429. The van der Waals surface area contributed by atoms with Crippen molar-refractivity contribution < 1.29 is 24.2 Å². The van der Waals surface area contributed by atoms with Crippen molar-refractivity contribution in [1.82, 2.24) is 5.32 Å². The third-order valence-corrected chi connectivity index (χ3v) is 3.47. The molecule has 1 atom stereocenters. The normalized spacial score (nSPS) is 11.4. The predicted octanol–water partition coefficient (Wildman–Crippen LogP) is 3.17. The average molecular weight is 329 g/mol. The fourth-order valence-electron chi connectivity index (χ4n) is 2.12. The van der Waals surface area contributed by atoms with Crippen molar-refractivity contribution in [1.29, 1.82) is 0 Å². The van der Waals surface area contributed by atoms with Gasteiger partial charge in [0.2, 0.25) is 0 Å². The van der Waals surface area contributed by atoms with Crippen LogP contribution in [0.15, 0.2) is 48.5 Å². The Morgan fingerprint density at radius 3 is 2.54 bits per heavy atom. The molecule has 0 saturated heterocycles. The van der Waals surface area contributed by atoms with E-state index in [9.17, 15) is 14.7 Å². The van der Waals surface area contributed by atoms with Crippen LogP contribution in [0.25, 0.3) is 0 Å². The molecule has 2 aromatic carbocycles. The van der Waals surface area contributed by atoms with E-state index in [-0.39, 0.29) is 17.9 Å². The molecule has 6 heteroatoms. The Kier molecular flexibility index (Phi) is 5.78. The van der Waals surface area contributed by atoms with Gasteiger partial charge in [-0.2, -0.15) is 0 Å². The number of hydrogen-bond acceptors (Lipinski definition) is 5. The smallest absolute Gasteiger partial charge is 0.407 e. The van der Waals surface area contributed by atoms with Crippen molar-refractivity contribution in [2.24, 2.45) is 0 Å². The Balaban J connectivity index is 1.97. The number of phenols is 1. The maximum Gasteiger partial charge on any atom is 0.407 e. The second-order valence-electron chi connectivity index (χ2n) is 5.20. The molecule has 0 heterocycles. The maximum atomic E-state index is 11.9. The average Bonchev–Trinajstić information content (AvgIpc) is 2.60. The highest BCUT2D eigenvalue weighted by Crippen LogP contribution is 2.23. The molecular formula is C18H19NO5. The van der Waals surface area contributed by atoms with Crippen LogP contribution in [0.2, 0.25) is 0 Å². The Labute approximate surface area is 140 Å². The summed E-state index contributed by atoms with van der Waals surface area (Å²) >= 11 is 0. The Morgan fingerprint density at radius 2 is 1.88 bits per heavy atom. The summed E-state index contributed by atoms with van der Waals surface area (Å²) in [6.07, 6.45) is -0.570. The first-order valence-corrected chi connectivity index (χ1v) is 7.39. The van der Waals surface area contributed by atoms with Crippen molar-refractivity contribution in [3.63, 3.8) is 0 Å². The second-order valence-corrected chi connectivity index (χ2v) is 5.20. The summed E-state index contributed by atoms with van der Waals surface area (Å²) in [5, 5.41) is 12.4. The van der Waals surface area contributed by atoms with E-state index in [0.717, 1.165) is 5.56 Å². The molecule has 0 fully saturated rings. The number of phenolic OH excluding ortho intramolecular Hbond substituents is 1. The zero-order valence-corrected chi connectivity index (χ0v) is 13.5. The Bertz CT molecular complexity index is 715. The first kappa shape index (κ1) is 17.3. The van der Waals surface area contributed by atoms with Crippen LogP contribution in [-0.2, 0) is 16.1 Å². The fraction of sp³-hybridized carbons (Fsp3) is 0.222. The molecular weight excluding hydrogens is 310 g/mol. The van der Waals surface area contributed by atoms with Crippen molar-refractivity contribution in [2.75, 3.05) is 7.11 Å². The summed E-state index contributed by atoms with van der Waals surface area (Å²) in [5.74, 6) is -0.822. The summed E-state index contributed by atoms with van der Waals surface area (Å²) in [6.45, 7) is 1.92. The van der Waals surface area contributed by atoms with E-state index >= 15 is 0 Å². The van der Waals surface area contributed by atoms with Crippen LogP contribution in [0.3, 0.4) is 0 Å². The maximum absolute atomic E-state index is 11.9. The number of methoxy groups -OCH3 is 1. The summed E-state index contributed by atoms with van der Waals surface area (Å²) in [7, 11) is 1.23. The molecule has 0 aromatic heterocycles. The van der Waals surface area contributed by atoms with E-state index in [2.05, 4.69) is 10.1 Å². The second kappa shape index (κ2) is 8.01. The summed E-state index contributed by atoms with van der Waals surface area (Å²) in [4.78, 5) is 23.5. The van der Waals surface area contributed by atoms with Crippen molar-refractivity contribution in [3.05, 3.63) is 65.2 Å². The van der Waals surface area contributed by atoms with Crippen molar-refractivity contribution in [2.45, 2.75) is 19.6 Å². The minimum Gasteiger partial charge on any atom is -0.507 e. The van der Waals surface area contributed by atoms with Gasteiger partial charge in [0.25, 0.3) is 0 Å². The lowest BCUT2D eigenvalue weighted by molar-refractivity contribution is 0.0597. The lowest BCUT2D eigenvalue weighted by Gasteiger charge is -2.15. The van der Waals surface area contributed by atoms with Crippen LogP contribution in [0.4, 0.5) is 4.79 Å². The van der Waals surface area contributed by atoms with Gasteiger partial charge in [-0.25, -0.2) is 9.59 Å². The largest absolute Gasteiger partial charge is 0.507 e. The molecule has 2 aromatic rings.